The maximum atomic E-state index is 5.61. The van der Waals surface area contributed by atoms with E-state index in [0.29, 0.717) is 0 Å². The second-order valence-electron chi connectivity index (χ2n) is 4.85. The minimum Gasteiger partial charge on any atom is -0.372 e. The highest BCUT2D eigenvalue weighted by atomic mass is 15.1. The van der Waals surface area contributed by atoms with Crippen LogP contribution in [0.15, 0.2) is 24.3 Å². The van der Waals surface area contributed by atoms with Gasteiger partial charge in [0.05, 0.1) is 0 Å². The van der Waals surface area contributed by atoms with Gasteiger partial charge >= 0.3 is 0 Å². The number of nitrogens with zero attached hydrogens (tertiary/aromatic N) is 1. The van der Waals surface area contributed by atoms with Crippen molar-refractivity contribution in [3.05, 3.63) is 29.8 Å². The van der Waals surface area contributed by atoms with E-state index in [1.807, 2.05) is 0 Å². The zero-order chi connectivity index (χ0) is 11.4. The van der Waals surface area contributed by atoms with Gasteiger partial charge in [0.25, 0.3) is 0 Å². The number of nitrogens with two attached hydrogens (primary N) is 1. The average Bonchev–Trinajstić information content (AvgIpc) is 2.30. The van der Waals surface area contributed by atoms with Crippen molar-refractivity contribution in [1.29, 1.82) is 0 Å². The van der Waals surface area contributed by atoms with E-state index in [9.17, 15) is 0 Å². The highest BCUT2D eigenvalue weighted by Crippen LogP contribution is 2.25. The molecule has 0 unspecified atom stereocenters. The van der Waals surface area contributed by atoms with E-state index in [-0.39, 0.29) is 0 Å². The zero-order valence-corrected chi connectivity index (χ0v) is 10.2. The Kier molecular flexibility index (Phi) is 3.83. The molecule has 0 aromatic heterocycles. The van der Waals surface area contributed by atoms with E-state index in [1.54, 1.807) is 0 Å². The Morgan fingerprint density at radius 1 is 1.31 bits per heavy atom. The summed E-state index contributed by atoms with van der Waals surface area (Å²) in [4.78, 5) is 2.50. The predicted molar refractivity (Wildman–Crippen MR) is 69.8 cm³/mol. The van der Waals surface area contributed by atoms with Crippen LogP contribution in [0.3, 0.4) is 0 Å². The molecular weight excluding hydrogens is 196 g/mol. The van der Waals surface area contributed by atoms with E-state index in [2.05, 4.69) is 36.1 Å². The zero-order valence-electron chi connectivity index (χ0n) is 10.2. The summed E-state index contributed by atoms with van der Waals surface area (Å²) in [6.45, 7) is 5.38. The quantitative estimate of drug-likeness (QED) is 0.845. The Morgan fingerprint density at radius 2 is 2.06 bits per heavy atom. The molecule has 16 heavy (non-hydrogen) atoms. The third-order valence-electron chi connectivity index (χ3n) is 3.56. The molecule has 1 aromatic carbocycles. The molecule has 1 aliphatic rings. The van der Waals surface area contributed by atoms with E-state index >= 15 is 0 Å². The number of hydrogen-bond donors (Lipinski definition) is 1. The van der Waals surface area contributed by atoms with Gasteiger partial charge in [0.2, 0.25) is 0 Å². The van der Waals surface area contributed by atoms with Gasteiger partial charge in [-0.2, -0.15) is 0 Å². The summed E-state index contributed by atoms with van der Waals surface area (Å²) in [6.07, 6.45) is 3.79. The van der Waals surface area contributed by atoms with Crippen molar-refractivity contribution in [2.24, 2.45) is 11.7 Å². The van der Waals surface area contributed by atoms with Crippen molar-refractivity contribution in [2.45, 2.75) is 26.2 Å². The summed E-state index contributed by atoms with van der Waals surface area (Å²) in [5, 5.41) is 0. The number of piperidine rings is 1. The largest absolute Gasteiger partial charge is 0.372 e. The lowest BCUT2D eigenvalue weighted by molar-refractivity contribution is 0.386. The molecule has 2 nitrogen and oxygen atoms in total. The molecule has 1 saturated heterocycles. The lowest BCUT2D eigenvalue weighted by Gasteiger charge is -2.33. The lowest BCUT2D eigenvalue weighted by Crippen LogP contribution is -2.34. The Balaban J connectivity index is 1.94. The molecule has 1 fully saturated rings. The fraction of sp³-hybridized carbons (Fsp3) is 0.571. The number of hydrogen-bond acceptors (Lipinski definition) is 2. The molecule has 1 aromatic rings. The van der Waals surface area contributed by atoms with E-state index in [0.717, 1.165) is 12.5 Å². The number of aryl methyl sites for hydroxylation is 1. The maximum absolute atomic E-state index is 5.61. The van der Waals surface area contributed by atoms with Crippen LogP contribution < -0.4 is 10.6 Å². The molecule has 0 atom stereocenters. The first kappa shape index (κ1) is 11.5. The van der Waals surface area contributed by atoms with Crippen molar-refractivity contribution in [2.75, 3.05) is 24.5 Å². The van der Waals surface area contributed by atoms with Crippen LogP contribution in [0.1, 0.15) is 24.8 Å². The first-order valence-corrected chi connectivity index (χ1v) is 6.31. The SMILES string of the molecule is Cc1cccc(N2CCC(CCN)CC2)c1. The number of anilines is 1. The van der Waals surface area contributed by atoms with Crippen molar-refractivity contribution < 1.29 is 0 Å². The minimum atomic E-state index is 0.842. The normalized spacial score (nSPS) is 17.8. The molecule has 88 valence electrons. The Hall–Kier alpha value is -1.02. The Morgan fingerprint density at radius 3 is 2.69 bits per heavy atom. The molecule has 2 N–H and O–H groups in total. The van der Waals surface area contributed by atoms with Crippen molar-refractivity contribution in [3.63, 3.8) is 0 Å². The molecule has 2 heteroatoms. The fourth-order valence-corrected chi connectivity index (χ4v) is 2.54. The van der Waals surface area contributed by atoms with Gasteiger partial charge in [0, 0.05) is 18.8 Å². The van der Waals surface area contributed by atoms with Crippen LogP contribution in [0.4, 0.5) is 5.69 Å². The predicted octanol–water partition coefficient (Wildman–Crippen LogP) is 2.56. The maximum Gasteiger partial charge on any atom is 0.0368 e. The van der Waals surface area contributed by atoms with Crippen LogP contribution in [0.2, 0.25) is 0 Å². The van der Waals surface area contributed by atoms with Gasteiger partial charge in [-0.1, -0.05) is 12.1 Å². The van der Waals surface area contributed by atoms with Crippen LogP contribution in [0.5, 0.6) is 0 Å². The third-order valence-corrected chi connectivity index (χ3v) is 3.56. The van der Waals surface area contributed by atoms with Gasteiger partial charge in [-0.05, 0) is 56.3 Å². The van der Waals surface area contributed by atoms with Gasteiger partial charge in [-0.15, -0.1) is 0 Å². The van der Waals surface area contributed by atoms with E-state index < -0.39 is 0 Å². The summed E-state index contributed by atoms with van der Waals surface area (Å²) in [5.41, 5.74) is 8.34. The number of benzene rings is 1. The van der Waals surface area contributed by atoms with Crippen LogP contribution in [0, 0.1) is 12.8 Å². The Labute approximate surface area is 98.4 Å². The third kappa shape index (κ3) is 2.76. The summed E-state index contributed by atoms with van der Waals surface area (Å²) < 4.78 is 0. The van der Waals surface area contributed by atoms with Gasteiger partial charge < -0.3 is 10.6 Å². The van der Waals surface area contributed by atoms with Crippen LogP contribution in [-0.2, 0) is 0 Å². The summed E-state index contributed by atoms with van der Waals surface area (Å²) in [5.74, 6) is 0.853. The van der Waals surface area contributed by atoms with Crippen molar-refractivity contribution in [1.82, 2.24) is 0 Å². The highest BCUT2D eigenvalue weighted by Gasteiger charge is 2.18. The van der Waals surface area contributed by atoms with E-state index in [4.69, 9.17) is 5.73 Å². The topological polar surface area (TPSA) is 29.3 Å². The Bertz CT molecular complexity index is 327. The molecule has 1 heterocycles. The van der Waals surface area contributed by atoms with Gasteiger partial charge in [0.15, 0.2) is 0 Å². The second kappa shape index (κ2) is 5.35. The molecule has 0 saturated carbocycles. The molecule has 0 spiro atoms. The summed E-state index contributed by atoms with van der Waals surface area (Å²) in [6, 6.07) is 8.81. The first-order chi connectivity index (χ1) is 7.79. The summed E-state index contributed by atoms with van der Waals surface area (Å²) in [7, 11) is 0. The smallest absolute Gasteiger partial charge is 0.0368 e. The van der Waals surface area contributed by atoms with Crippen LogP contribution in [-0.4, -0.2) is 19.6 Å². The van der Waals surface area contributed by atoms with Gasteiger partial charge in [0.1, 0.15) is 0 Å². The van der Waals surface area contributed by atoms with Crippen molar-refractivity contribution >= 4 is 5.69 Å². The molecule has 2 rings (SSSR count). The first-order valence-electron chi connectivity index (χ1n) is 6.31. The lowest BCUT2D eigenvalue weighted by atomic mass is 9.93. The molecule has 0 aliphatic carbocycles. The minimum absolute atomic E-state index is 0.842. The van der Waals surface area contributed by atoms with Gasteiger partial charge in [-0.3, -0.25) is 0 Å². The number of rotatable bonds is 3. The monoisotopic (exact) mass is 218 g/mol. The molecule has 0 radical (unpaired) electrons. The average molecular weight is 218 g/mol. The fourth-order valence-electron chi connectivity index (χ4n) is 2.54. The summed E-state index contributed by atoms with van der Waals surface area (Å²) >= 11 is 0. The molecule has 0 bridgehead atoms. The van der Waals surface area contributed by atoms with Gasteiger partial charge in [-0.25, -0.2) is 0 Å². The molecular formula is C14H22N2. The standard InChI is InChI=1S/C14H22N2/c1-12-3-2-4-14(11-12)16-9-6-13(5-8-15)7-10-16/h2-4,11,13H,5-10,15H2,1H3. The van der Waals surface area contributed by atoms with Crippen LogP contribution >= 0.6 is 0 Å². The van der Waals surface area contributed by atoms with Crippen molar-refractivity contribution in [3.8, 4) is 0 Å². The molecule has 1 aliphatic heterocycles. The highest BCUT2D eigenvalue weighted by molar-refractivity contribution is 5.48. The van der Waals surface area contributed by atoms with E-state index in [1.165, 1.54) is 43.6 Å². The molecule has 0 amide bonds. The van der Waals surface area contributed by atoms with Crippen LogP contribution in [0.25, 0.3) is 0 Å². The second-order valence-corrected chi connectivity index (χ2v) is 4.85.